The van der Waals surface area contributed by atoms with Crippen LogP contribution < -0.4 is 5.32 Å². The number of carbonyl (C=O) groups excluding carboxylic acids is 1. The molecule has 0 radical (unpaired) electrons. The number of benzene rings is 1. The summed E-state index contributed by atoms with van der Waals surface area (Å²) in [5.74, 6) is -0.746. The van der Waals surface area contributed by atoms with E-state index < -0.39 is 17.3 Å². The molecule has 6 heteroatoms. The molecule has 0 unspecified atom stereocenters. The monoisotopic (exact) mass is 355 g/mol. The summed E-state index contributed by atoms with van der Waals surface area (Å²) in [5, 5.41) is 2.70. The first-order valence-corrected chi connectivity index (χ1v) is 7.23. The number of amides is 1. The second-order valence-electron chi connectivity index (χ2n) is 3.98. The topological polar surface area (TPSA) is 29.1 Å². The first kappa shape index (κ1) is 15.7. The highest BCUT2D eigenvalue weighted by Crippen LogP contribution is 2.19. The van der Waals surface area contributed by atoms with Gasteiger partial charge in [0.05, 0.1) is 11.1 Å². The molecule has 0 aliphatic rings. The van der Waals surface area contributed by atoms with E-state index >= 15 is 0 Å². The van der Waals surface area contributed by atoms with Crippen molar-refractivity contribution in [1.82, 2.24) is 5.32 Å². The van der Waals surface area contributed by atoms with Crippen LogP contribution in [0.5, 0.6) is 0 Å². The number of rotatable bonds is 5. The largest absolute Gasteiger partial charge is 0.344 e. The molecule has 18 heavy (non-hydrogen) atoms. The van der Waals surface area contributed by atoms with Crippen LogP contribution in [0.3, 0.4) is 0 Å². The fourth-order valence-electron chi connectivity index (χ4n) is 1.36. The van der Waals surface area contributed by atoms with Gasteiger partial charge in [-0.15, -0.1) is 23.2 Å². The highest BCUT2D eigenvalue weighted by atomic mass is 79.9. The molecule has 0 spiro atoms. The average molecular weight is 357 g/mol. The number of alkyl halides is 2. The number of hydrogen-bond donors (Lipinski definition) is 1. The Morgan fingerprint density at radius 3 is 2.56 bits per heavy atom. The molecule has 2 nitrogen and oxygen atoms in total. The van der Waals surface area contributed by atoms with Crippen molar-refractivity contribution in [2.45, 2.75) is 18.9 Å². The van der Waals surface area contributed by atoms with Gasteiger partial charge in [0.2, 0.25) is 0 Å². The van der Waals surface area contributed by atoms with Gasteiger partial charge in [0.15, 0.2) is 0 Å². The highest BCUT2D eigenvalue weighted by molar-refractivity contribution is 9.10. The van der Waals surface area contributed by atoms with Crippen molar-refractivity contribution >= 4 is 45.0 Å². The molecular formula is C12H13BrCl2FNO. The molecule has 1 amide bonds. The van der Waals surface area contributed by atoms with Crippen molar-refractivity contribution in [3.63, 3.8) is 0 Å². The highest BCUT2D eigenvalue weighted by Gasteiger charge is 2.29. The van der Waals surface area contributed by atoms with Crippen LogP contribution in [-0.4, -0.2) is 23.2 Å². The Hall–Kier alpha value is -0.320. The van der Waals surface area contributed by atoms with Crippen LogP contribution in [0, 0.1) is 5.82 Å². The fraction of sp³-hybridized carbons (Fsp3) is 0.417. The Labute approximate surface area is 124 Å². The smallest absolute Gasteiger partial charge is 0.254 e. The maximum Gasteiger partial charge on any atom is 0.254 e. The summed E-state index contributed by atoms with van der Waals surface area (Å²) in [6, 6.07) is 4.18. The Bertz CT molecular complexity index is 430. The van der Waals surface area contributed by atoms with E-state index in [4.69, 9.17) is 23.2 Å². The summed E-state index contributed by atoms with van der Waals surface area (Å²) in [4.78, 5) is 12.0. The second kappa shape index (κ2) is 6.73. The van der Waals surface area contributed by atoms with E-state index in [1.54, 1.807) is 0 Å². The van der Waals surface area contributed by atoms with Gasteiger partial charge >= 0.3 is 0 Å². The maximum atomic E-state index is 13.6. The van der Waals surface area contributed by atoms with Crippen molar-refractivity contribution in [3.05, 3.63) is 34.1 Å². The quantitative estimate of drug-likeness (QED) is 0.795. The molecule has 0 aromatic heterocycles. The zero-order valence-corrected chi connectivity index (χ0v) is 12.9. The summed E-state index contributed by atoms with van der Waals surface area (Å²) in [6.45, 7) is 1.86. The van der Waals surface area contributed by atoms with Gasteiger partial charge in [0.25, 0.3) is 5.91 Å². The minimum absolute atomic E-state index is 0.0302. The summed E-state index contributed by atoms with van der Waals surface area (Å²) in [5.41, 5.74) is -0.743. The lowest BCUT2D eigenvalue weighted by atomic mass is 10.0. The lowest BCUT2D eigenvalue weighted by molar-refractivity contribution is 0.0909. The van der Waals surface area contributed by atoms with Crippen molar-refractivity contribution in [3.8, 4) is 0 Å². The Morgan fingerprint density at radius 1 is 1.44 bits per heavy atom. The lowest BCUT2D eigenvalue weighted by Gasteiger charge is -2.29. The van der Waals surface area contributed by atoms with Crippen molar-refractivity contribution in [2.75, 3.05) is 11.8 Å². The third-order valence-electron chi connectivity index (χ3n) is 2.74. The van der Waals surface area contributed by atoms with Gasteiger partial charge in [-0.2, -0.15) is 0 Å². The van der Waals surface area contributed by atoms with Crippen molar-refractivity contribution < 1.29 is 9.18 Å². The third-order valence-corrected chi connectivity index (χ3v) is 4.26. The van der Waals surface area contributed by atoms with Crippen LogP contribution in [-0.2, 0) is 0 Å². The Balaban J connectivity index is 2.97. The van der Waals surface area contributed by atoms with E-state index in [2.05, 4.69) is 21.2 Å². The Morgan fingerprint density at radius 2 is 2.06 bits per heavy atom. The van der Waals surface area contributed by atoms with Gasteiger partial charge in [0.1, 0.15) is 5.82 Å². The van der Waals surface area contributed by atoms with Gasteiger partial charge < -0.3 is 5.32 Å². The van der Waals surface area contributed by atoms with Crippen LogP contribution in [0.2, 0.25) is 0 Å². The minimum Gasteiger partial charge on any atom is -0.344 e. The van der Waals surface area contributed by atoms with Gasteiger partial charge in [-0.25, -0.2) is 4.39 Å². The molecule has 0 atom stereocenters. The molecule has 1 N–H and O–H groups in total. The molecule has 1 aromatic rings. The summed E-state index contributed by atoms with van der Waals surface area (Å²) in [7, 11) is 0. The predicted octanol–water partition coefficient (Wildman–Crippen LogP) is 3.94. The SMILES string of the molecule is CCC(CCl)(CCl)NC(=O)c1cc(Br)ccc1F. The third kappa shape index (κ3) is 3.59. The maximum absolute atomic E-state index is 13.6. The molecule has 0 fully saturated rings. The first-order chi connectivity index (χ1) is 8.48. The van der Waals surface area contributed by atoms with Crippen molar-refractivity contribution in [2.24, 2.45) is 0 Å². The molecule has 0 bridgehead atoms. The van der Waals surface area contributed by atoms with Gasteiger partial charge in [-0.05, 0) is 24.6 Å². The molecule has 0 saturated heterocycles. The van der Waals surface area contributed by atoms with Gasteiger partial charge in [0, 0.05) is 16.2 Å². The molecule has 0 heterocycles. The molecule has 1 rings (SSSR count). The van der Waals surface area contributed by atoms with Gasteiger partial charge in [-0.1, -0.05) is 22.9 Å². The summed E-state index contributed by atoms with van der Waals surface area (Å²) in [6.07, 6.45) is 0.571. The minimum atomic E-state index is -0.713. The molecule has 0 aliphatic heterocycles. The van der Waals surface area contributed by atoms with Gasteiger partial charge in [-0.3, -0.25) is 4.79 Å². The lowest BCUT2D eigenvalue weighted by Crippen LogP contribution is -2.51. The first-order valence-electron chi connectivity index (χ1n) is 5.37. The van der Waals surface area contributed by atoms with Crippen LogP contribution >= 0.6 is 39.1 Å². The van der Waals surface area contributed by atoms with Crippen molar-refractivity contribution in [1.29, 1.82) is 0 Å². The Kier molecular flexibility index (Phi) is 5.89. The van der Waals surface area contributed by atoms with E-state index in [1.165, 1.54) is 18.2 Å². The summed E-state index contributed by atoms with van der Waals surface area (Å²) < 4.78 is 14.2. The van der Waals surface area contributed by atoms with Crippen LogP contribution in [0.15, 0.2) is 22.7 Å². The average Bonchev–Trinajstić information content (AvgIpc) is 2.38. The summed E-state index contributed by atoms with van der Waals surface area (Å²) >= 11 is 14.8. The predicted molar refractivity (Wildman–Crippen MR) is 76.0 cm³/mol. The van der Waals surface area contributed by atoms with Crippen LogP contribution in [0.1, 0.15) is 23.7 Å². The molecule has 1 aromatic carbocycles. The normalized spacial score (nSPS) is 11.4. The van der Waals surface area contributed by atoms with E-state index in [0.717, 1.165) is 0 Å². The molecule has 100 valence electrons. The number of carbonyl (C=O) groups is 1. The van der Waals surface area contributed by atoms with E-state index in [9.17, 15) is 9.18 Å². The van der Waals surface area contributed by atoms with Crippen LogP contribution in [0.4, 0.5) is 4.39 Å². The zero-order valence-electron chi connectivity index (χ0n) is 9.77. The van der Waals surface area contributed by atoms with E-state index in [0.29, 0.717) is 10.9 Å². The molecule has 0 aliphatic carbocycles. The fourth-order valence-corrected chi connectivity index (χ4v) is 2.52. The number of nitrogens with one attached hydrogen (secondary N) is 1. The zero-order chi connectivity index (χ0) is 13.8. The number of hydrogen-bond acceptors (Lipinski definition) is 1. The number of halogens is 4. The van der Waals surface area contributed by atoms with E-state index in [1.807, 2.05) is 6.92 Å². The standard InChI is InChI=1S/C12H13BrCl2FNO/c1-2-12(6-14,7-15)17-11(18)9-5-8(13)3-4-10(9)16/h3-5H,2,6-7H2,1H3,(H,17,18). The van der Waals surface area contributed by atoms with E-state index in [-0.39, 0.29) is 17.3 Å². The second-order valence-corrected chi connectivity index (χ2v) is 5.43. The van der Waals surface area contributed by atoms with Crippen LogP contribution in [0.25, 0.3) is 0 Å². The molecular weight excluding hydrogens is 344 g/mol. The molecule has 0 saturated carbocycles.